The van der Waals surface area contributed by atoms with Gasteiger partial charge in [0.15, 0.2) is 11.5 Å². The van der Waals surface area contributed by atoms with E-state index in [0.717, 1.165) is 18.8 Å². The molecule has 20 heavy (non-hydrogen) atoms. The van der Waals surface area contributed by atoms with Crippen molar-refractivity contribution in [2.75, 3.05) is 25.0 Å². The van der Waals surface area contributed by atoms with Crippen molar-refractivity contribution in [1.29, 1.82) is 0 Å². The quantitative estimate of drug-likeness (QED) is 0.808. The summed E-state index contributed by atoms with van der Waals surface area (Å²) in [5.41, 5.74) is 5.97. The summed E-state index contributed by atoms with van der Waals surface area (Å²) in [5.74, 6) is 0.636. The highest BCUT2D eigenvalue weighted by molar-refractivity contribution is 5.91. The molecule has 2 rings (SSSR count). The van der Waals surface area contributed by atoms with Crippen LogP contribution in [-0.4, -0.2) is 42.3 Å². The zero-order valence-electron chi connectivity index (χ0n) is 12.0. The van der Waals surface area contributed by atoms with E-state index in [4.69, 9.17) is 5.73 Å². The molecule has 1 aliphatic carbocycles. The molecule has 0 atom stereocenters. The predicted molar refractivity (Wildman–Crippen MR) is 78.7 cm³/mol. The van der Waals surface area contributed by atoms with Crippen molar-refractivity contribution < 1.29 is 4.79 Å². The summed E-state index contributed by atoms with van der Waals surface area (Å²) in [5, 5.41) is 10.8. The number of hydrogen-bond acceptors (Lipinski definition) is 5. The number of amides is 1. The lowest BCUT2D eigenvalue weighted by molar-refractivity contribution is 0.0957. The molecule has 1 saturated carbocycles. The van der Waals surface area contributed by atoms with Crippen molar-refractivity contribution in [3.05, 3.63) is 17.8 Å². The Labute approximate surface area is 119 Å². The van der Waals surface area contributed by atoms with E-state index in [-0.39, 0.29) is 5.91 Å². The van der Waals surface area contributed by atoms with Gasteiger partial charge in [-0.3, -0.25) is 4.79 Å². The molecule has 0 saturated heterocycles. The molecule has 1 aromatic rings. The zero-order chi connectivity index (χ0) is 14.4. The molecule has 0 spiro atoms. The van der Waals surface area contributed by atoms with Crippen LogP contribution in [0.4, 0.5) is 5.82 Å². The van der Waals surface area contributed by atoms with Crippen LogP contribution >= 0.6 is 0 Å². The molecule has 1 amide bonds. The minimum Gasteiger partial charge on any atom is -0.354 e. The predicted octanol–water partition coefficient (Wildman–Crippen LogP) is 0.934. The molecule has 0 unspecified atom stereocenters. The lowest BCUT2D eigenvalue weighted by atomic mass is 10.2. The van der Waals surface area contributed by atoms with Gasteiger partial charge in [-0.1, -0.05) is 12.8 Å². The van der Waals surface area contributed by atoms with Crippen LogP contribution in [0.5, 0.6) is 0 Å². The van der Waals surface area contributed by atoms with Crippen molar-refractivity contribution in [2.45, 2.75) is 38.1 Å². The van der Waals surface area contributed by atoms with Gasteiger partial charge in [-0.05, 0) is 37.9 Å². The van der Waals surface area contributed by atoms with Crippen molar-refractivity contribution in [1.82, 2.24) is 15.5 Å². The summed E-state index contributed by atoms with van der Waals surface area (Å²) in [6.07, 6.45) is 5.88. The van der Waals surface area contributed by atoms with E-state index in [1.165, 1.54) is 25.7 Å². The second-order valence-electron chi connectivity index (χ2n) is 5.13. The number of carbonyl (C=O) groups excluding carboxylic acids is 1. The van der Waals surface area contributed by atoms with Crippen LogP contribution in [0.2, 0.25) is 0 Å². The molecule has 0 radical (unpaired) electrons. The first-order valence-corrected chi connectivity index (χ1v) is 7.28. The largest absolute Gasteiger partial charge is 0.354 e. The molecule has 1 aliphatic rings. The van der Waals surface area contributed by atoms with E-state index in [0.29, 0.717) is 18.3 Å². The van der Waals surface area contributed by atoms with E-state index in [9.17, 15) is 4.79 Å². The minimum atomic E-state index is -0.210. The van der Waals surface area contributed by atoms with Crippen LogP contribution in [0.1, 0.15) is 42.6 Å². The van der Waals surface area contributed by atoms with Crippen LogP contribution in [0.15, 0.2) is 12.1 Å². The summed E-state index contributed by atoms with van der Waals surface area (Å²) in [4.78, 5) is 13.8. The highest BCUT2D eigenvalue weighted by Crippen LogP contribution is 2.27. The average Bonchev–Trinajstić information content (AvgIpc) is 3.01. The van der Waals surface area contributed by atoms with Gasteiger partial charge >= 0.3 is 0 Å². The Bertz CT molecular complexity index is 428. The van der Waals surface area contributed by atoms with Crippen molar-refractivity contribution >= 4 is 11.7 Å². The van der Waals surface area contributed by atoms with E-state index in [1.54, 1.807) is 13.1 Å². The Morgan fingerprint density at radius 1 is 1.40 bits per heavy atom. The molecule has 1 aromatic heterocycles. The summed E-state index contributed by atoms with van der Waals surface area (Å²) in [7, 11) is 1.59. The highest BCUT2D eigenvalue weighted by atomic mass is 16.1. The van der Waals surface area contributed by atoms with Crippen molar-refractivity contribution in [2.24, 2.45) is 5.73 Å². The Balaban J connectivity index is 2.12. The highest BCUT2D eigenvalue weighted by Gasteiger charge is 2.23. The van der Waals surface area contributed by atoms with E-state index >= 15 is 0 Å². The monoisotopic (exact) mass is 277 g/mol. The van der Waals surface area contributed by atoms with Crippen molar-refractivity contribution in [3.8, 4) is 0 Å². The van der Waals surface area contributed by atoms with Gasteiger partial charge in [0.2, 0.25) is 0 Å². The first-order valence-electron chi connectivity index (χ1n) is 7.28. The normalized spacial score (nSPS) is 15.3. The maximum Gasteiger partial charge on any atom is 0.271 e. The first-order chi connectivity index (χ1) is 9.76. The maximum absolute atomic E-state index is 11.5. The number of nitrogens with one attached hydrogen (secondary N) is 1. The number of anilines is 1. The molecular formula is C14H23N5O. The summed E-state index contributed by atoms with van der Waals surface area (Å²) >= 11 is 0. The number of hydrogen-bond donors (Lipinski definition) is 2. The van der Waals surface area contributed by atoms with Gasteiger partial charge in [-0.2, -0.15) is 0 Å². The second-order valence-corrected chi connectivity index (χ2v) is 5.13. The Kier molecular flexibility index (Phi) is 5.29. The minimum absolute atomic E-state index is 0.210. The third kappa shape index (κ3) is 3.45. The van der Waals surface area contributed by atoms with Gasteiger partial charge in [-0.15, -0.1) is 10.2 Å². The van der Waals surface area contributed by atoms with E-state index in [2.05, 4.69) is 20.4 Å². The molecular weight excluding hydrogens is 254 g/mol. The third-order valence-electron chi connectivity index (χ3n) is 3.77. The second kappa shape index (κ2) is 7.19. The Morgan fingerprint density at radius 2 is 2.15 bits per heavy atom. The van der Waals surface area contributed by atoms with Gasteiger partial charge < -0.3 is 16.0 Å². The fourth-order valence-corrected chi connectivity index (χ4v) is 2.69. The topological polar surface area (TPSA) is 84.1 Å². The number of nitrogens with two attached hydrogens (primary N) is 1. The lowest BCUT2D eigenvalue weighted by Crippen LogP contribution is -2.36. The van der Waals surface area contributed by atoms with Crippen LogP contribution in [-0.2, 0) is 0 Å². The third-order valence-corrected chi connectivity index (χ3v) is 3.77. The van der Waals surface area contributed by atoms with Gasteiger partial charge in [0.1, 0.15) is 0 Å². The fourth-order valence-electron chi connectivity index (χ4n) is 2.69. The van der Waals surface area contributed by atoms with Crippen LogP contribution in [0.3, 0.4) is 0 Å². The van der Waals surface area contributed by atoms with Gasteiger partial charge in [-0.25, -0.2) is 0 Å². The average molecular weight is 277 g/mol. The van der Waals surface area contributed by atoms with Crippen LogP contribution in [0.25, 0.3) is 0 Å². The van der Waals surface area contributed by atoms with Crippen LogP contribution in [0, 0.1) is 0 Å². The van der Waals surface area contributed by atoms with Gasteiger partial charge in [0, 0.05) is 19.6 Å². The standard InChI is InChI=1S/C14H23N5O/c1-16-14(20)12-7-8-13(18-17-12)19(10-4-9-15)11-5-2-3-6-11/h7-8,11H,2-6,9-10,15H2,1H3,(H,16,20). The molecule has 1 heterocycles. The Morgan fingerprint density at radius 3 is 2.70 bits per heavy atom. The Hall–Kier alpha value is -1.69. The summed E-state index contributed by atoms with van der Waals surface area (Å²) in [6.45, 7) is 1.57. The molecule has 1 fully saturated rings. The maximum atomic E-state index is 11.5. The zero-order valence-corrected chi connectivity index (χ0v) is 12.0. The van der Waals surface area contributed by atoms with Crippen LogP contribution < -0.4 is 16.0 Å². The molecule has 0 aliphatic heterocycles. The smallest absolute Gasteiger partial charge is 0.271 e. The summed E-state index contributed by atoms with van der Waals surface area (Å²) in [6, 6.07) is 4.14. The van der Waals surface area contributed by atoms with E-state index < -0.39 is 0 Å². The van der Waals surface area contributed by atoms with E-state index in [1.807, 2.05) is 6.07 Å². The number of aromatic nitrogens is 2. The fraction of sp³-hybridized carbons (Fsp3) is 0.643. The molecule has 6 nitrogen and oxygen atoms in total. The number of carbonyl (C=O) groups is 1. The number of nitrogens with zero attached hydrogens (tertiary/aromatic N) is 3. The molecule has 6 heteroatoms. The number of rotatable bonds is 6. The summed E-state index contributed by atoms with van der Waals surface area (Å²) < 4.78 is 0. The van der Waals surface area contributed by atoms with Crippen molar-refractivity contribution in [3.63, 3.8) is 0 Å². The molecule has 0 bridgehead atoms. The van der Waals surface area contributed by atoms with Gasteiger partial charge in [0.25, 0.3) is 5.91 Å². The molecule has 0 aromatic carbocycles. The molecule has 110 valence electrons. The first kappa shape index (κ1) is 14.7. The molecule has 3 N–H and O–H groups in total. The SMILES string of the molecule is CNC(=O)c1ccc(N(CCCN)C2CCCC2)nn1. The van der Waals surface area contributed by atoms with Gasteiger partial charge in [0.05, 0.1) is 0 Å². The lowest BCUT2D eigenvalue weighted by Gasteiger charge is -2.29.